The molecule has 3 rings (SSSR count). The summed E-state index contributed by atoms with van der Waals surface area (Å²) in [6.07, 6.45) is 4.54. The highest BCUT2D eigenvalue weighted by Gasteiger charge is 2.31. The maximum atomic E-state index is 13.0. The zero-order valence-electron chi connectivity index (χ0n) is 15.9. The minimum atomic E-state index is 0.0444. The van der Waals surface area contributed by atoms with E-state index in [1.807, 2.05) is 60.4 Å². The first-order valence-electron chi connectivity index (χ1n) is 9.33. The van der Waals surface area contributed by atoms with Crippen LogP contribution < -0.4 is 14.4 Å². The fraction of sp³-hybridized carbons (Fsp3) is 0.261. The lowest BCUT2D eigenvalue weighted by molar-refractivity contribution is -0.113. The maximum absolute atomic E-state index is 13.0. The van der Waals surface area contributed by atoms with E-state index >= 15 is 0 Å². The van der Waals surface area contributed by atoms with E-state index in [0.717, 1.165) is 23.2 Å². The van der Waals surface area contributed by atoms with Crippen molar-refractivity contribution in [2.45, 2.75) is 20.3 Å². The Kier molecular flexibility index (Phi) is 5.97. The highest BCUT2D eigenvalue weighted by Crippen LogP contribution is 2.38. The van der Waals surface area contributed by atoms with Gasteiger partial charge in [-0.15, -0.1) is 0 Å². The molecule has 0 aliphatic carbocycles. The van der Waals surface area contributed by atoms with Crippen molar-refractivity contribution in [3.63, 3.8) is 0 Å². The number of para-hydroxylation sites is 1. The Balaban J connectivity index is 1.99. The summed E-state index contributed by atoms with van der Waals surface area (Å²) in [5.74, 6) is 1.38. The van der Waals surface area contributed by atoms with Crippen molar-refractivity contribution in [2.75, 3.05) is 24.7 Å². The van der Waals surface area contributed by atoms with Crippen LogP contribution in [0.4, 0.5) is 5.69 Å². The van der Waals surface area contributed by atoms with E-state index in [4.69, 9.17) is 9.47 Å². The smallest absolute Gasteiger partial charge is 0.258 e. The fourth-order valence-electron chi connectivity index (χ4n) is 3.21. The molecule has 0 unspecified atom stereocenters. The van der Waals surface area contributed by atoms with E-state index in [1.165, 1.54) is 0 Å². The van der Waals surface area contributed by atoms with Gasteiger partial charge in [-0.1, -0.05) is 43.8 Å². The molecule has 0 spiro atoms. The van der Waals surface area contributed by atoms with Gasteiger partial charge in [0.25, 0.3) is 5.91 Å². The van der Waals surface area contributed by atoms with Crippen LogP contribution in [-0.4, -0.2) is 25.7 Å². The quantitative estimate of drug-likeness (QED) is 0.492. The minimum Gasteiger partial charge on any atom is -0.490 e. The Morgan fingerprint density at radius 1 is 1.07 bits per heavy atom. The van der Waals surface area contributed by atoms with Gasteiger partial charge in [-0.05, 0) is 43.2 Å². The van der Waals surface area contributed by atoms with Gasteiger partial charge in [0.15, 0.2) is 11.5 Å². The number of hydrogen-bond donors (Lipinski definition) is 0. The van der Waals surface area contributed by atoms with Crippen LogP contribution in [0.3, 0.4) is 0 Å². The number of rotatable bonds is 8. The topological polar surface area (TPSA) is 38.8 Å². The molecule has 0 bridgehead atoms. The van der Waals surface area contributed by atoms with Gasteiger partial charge in [0.2, 0.25) is 0 Å². The van der Waals surface area contributed by atoms with Gasteiger partial charge in [0, 0.05) is 17.7 Å². The van der Waals surface area contributed by atoms with Crippen LogP contribution in [0.1, 0.15) is 31.4 Å². The Bertz CT molecular complexity index is 870. The lowest BCUT2D eigenvalue weighted by Gasteiger charge is -2.15. The molecule has 0 radical (unpaired) electrons. The molecule has 0 N–H and O–H groups in total. The molecule has 0 fully saturated rings. The normalized spacial score (nSPS) is 14.4. The SMILES string of the molecule is C=CCOc1ccc(/C=C2\C(=O)N(CCC)c3ccccc32)cc1OCC. The van der Waals surface area contributed by atoms with Gasteiger partial charge in [0.1, 0.15) is 6.61 Å². The second kappa shape index (κ2) is 8.58. The fourth-order valence-corrected chi connectivity index (χ4v) is 3.21. The third-order valence-corrected chi connectivity index (χ3v) is 4.34. The van der Waals surface area contributed by atoms with Gasteiger partial charge in [0.05, 0.1) is 12.3 Å². The summed E-state index contributed by atoms with van der Waals surface area (Å²) in [4.78, 5) is 14.8. The average molecular weight is 363 g/mol. The molecule has 27 heavy (non-hydrogen) atoms. The monoisotopic (exact) mass is 363 g/mol. The first kappa shape index (κ1) is 18.8. The third kappa shape index (κ3) is 3.90. The molecule has 0 saturated carbocycles. The van der Waals surface area contributed by atoms with Crippen molar-refractivity contribution < 1.29 is 14.3 Å². The molecule has 0 aromatic heterocycles. The summed E-state index contributed by atoms with van der Waals surface area (Å²) >= 11 is 0. The van der Waals surface area contributed by atoms with E-state index in [1.54, 1.807) is 6.08 Å². The highest BCUT2D eigenvalue weighted by molar-refractivity contribution is 6.35. The number of hydrogen-bond acceptors (Lipinski definition) is 3. The van der Waals surface area contributed by atoms with Gasteiger partial charge in [-0.3, -0.25) is 4.79 Å². The second-order valence-corrected chi connectivity index (χ2v) is 6.27. The number of fused-ring (bicyclic) bond motifs is 1. The largest absolute Gasteiger partial charge is 0.490 e. The predicted molar refractivity (Wildman–Crippen MR) is 110 cm³/mol. The Morgan fingerprint density at radius 3 is 2.63 bits per heavy atom. The van der Waals surface area contributed by atoms with Crippen LogP contribution in [0.15, 0.2) is 55.1 Å². The van der Waals surface area contributed by atoms with E-state index in [-0.39, 0.29) is 5.91 Å². The third-order valence-electron chi connectivity index (χ3n) is 4.34. The summed E-state index contributed by atoms with van der Waals surface area (Å²) in [5.41, 5.74) is 3.56. The highest BCUT2D eigenvalue weighted by atomic mass is 16.5. The van der Waals surface area contributed by atoms with E-state index in [9.17, 15) is 4.79 Å². The van der Waals surface area contributed by atoms with Crippen LogP contribution in [0, 0.1) is 0 Å². The molecule has 1 aliphatic heterocycles. The maximum Gasteiger partial charge on any atom is 0.258 e. The average Bonchev–Trinajstić information content (AvgIpc) is 2.94. The lowest BCUT2D eigenvalue weighted by Crippen LogP contribution is -2.26. The Hall–Kier alpha value is -3.01. The number of ether oxygens (including phenoxy) is 2. The van der Waals surface area contributed by atoms with E-state index < -0.39 is 0 Å². The molecule has 140 valence electrons. The number of benzene rings is 2. The van der Waals surface area contributed by atoms with Gasteiger partial charge < -0.3 is 14.4 Å². The summed E-state index contributed by atoms with van der Waals surface area (Å²) in [5, 5.41) is 0. The van der Waals surface area contributed by atoms with Gasteiger partial charge in [-0.25, -0.2) is 0 Å². The second-order valence-electron chi connectivity index (χ2n) is 6.27. The van der Waals surface area contributed by atoms with Crippen LogP contribution in [0.2, 0.25) is 0 Å². The van der Waals surface area contributed by atoms with Crippen molar-refractivity contribution in [1.29, 1.82) is 0 Å². The summed E-state index contributed by atoms with van der Waals surface area (Å²) in [6.45, 7) is 9.35. The van der Waals surface area contributed by atoms with Crippen LogP contribution >= 0.6 is 0 Å². The van der Waals surface area contributed by atoms with Gasteiger partial charge >= 0.3 is 0 Å². The molecule has 0 atom stereocenters. The lowest BCUT2D eigenvalue weighted by atomic mass is 10.0. The summed E-state index contributed by atoms with van der Waals surface area (Å²) in [6, 6.07) is 13.7. The summed E-state index contributed by atoms with van der Waals surface area (Å²) in [7, 11) is 0. The Labute approximate surface area is 160 Å². The van der Waals surface area contributed by atoms with Crippen molar-refractivity contribution >= 4 is 23.2 Å². The zero-order valence-corrected chi connectivity index (χ0v) is 15.9. The Morgan fingerprint density at radius 2 is 1.89 bits per heavy atom. The number of carbonyl (C=O) groups excluding carboxylic acids is 1. The van der Waals surface area contributed by atoms with Gasteiger partial charge in [-0.2, -0.15) is 0 Å². The molecule has 1 heterocycles. The number of anilines is 1. The molecule has 4 nitrogen and oxygen atoms in total. The number of amides is 1. The standard InChI is InChI=1S/C23H25NO3/c1-4-13-24-20-10-8-7-9-18(20)19(23(24)25)15-17-11-12-21(27-14-5-2)22(16-17)26-6-3/h5,7-12,15-16H,2,4,6,13-14H2,1,3H3/b19-15-. The van der Waals surface area contributed by atoms with Crippen LogP contribution in [0.5, 0.6) is 11.5 Å². The van der Waals surface area contributed by atoms with Crippen LogP contribution in [0.25, 0.3) is 11.6 Å². The molecule has 0 saturated heterocycles. The van der Waals surface area contributed by atoms with Crippen LogP contribution in [-0.2, 0) is 4.79 Å². The first-order valence-corrected chi connectivity index (χ1v) is 9.33. The van der Waals surface area contributed by atoms with Crippen molar-refractivity contribution in [1.82, 2.24) is 0 Å². The minimum absolute atomic E-state index is 0.0444. The van der Waals surface area contributed by atoms with E-state index in [0.29, 0.717) is 36.8 Å². The van der Waals surface area contributed by atoms with Crippen molar-refractivity contribution in [3.05, 3.63) is 66.2 Å². The molecule has 2 aromatic carbocycles. The molecule has 1 amide bonds. The van der Waals surface area contributed by atoms with Crippen molar-refractivity contribution in [2.24, 2.45) is 0 Å². The predicted octanol–water partition coefficient (Wildman–Crippen LogP) is 4.95. The molecular weight excluding hydrogens is 338 g/mol. The summed E-state index contributed by atoms with van der Waals surface area (Å²) < 4.78 is 11.4. The molecule has 1 aliphatic rings. The van der Waals surface area contributed by atoms with E-state index in [2.05, 4.69) is 13.5 Å². The zero-order chi connectivity index (χ0) is 19.2. The van der Waals surface area contributed by atoms with Crippen molar-refractivity contribution in [3.8, 4) is 11.5 Å². The first-order chi connectivity index (χ1) is 13.2. The number of carbonyl (C=O) groups is 1. The number of nitrogens with zero attached hydrogens (tertiary/aromatic N) is 1. The molecule has 4 heteroatoms. The molecular formula is C23H25NO3. The molecule has 2 aromatic rings.